The second kappa shape index (κ2) is 23.0. The highest BCUT2D eigenvalue weighted by atomic mass is 16.5. The van der Waals surface area contributed by atoms with Crippen molar-refractivity contribution in [2.24, 2.45) is 34.4 Å². The Hall–Kier alpha value is -3.65. The maximum Gasteiger partial charge on any atom is 0.208 e. The number of nitrogens with one attached hydrogen (secondary N) is 1. The van der Waals surface area contributed by atoms with Crippen molar-refractivity contribution in [2.45, 2.75) is 146 Å². The Morgan fingerprint density at radius 1 is 1.03 bits per heavy atom. The van der Waals surface area contributed by atoms with Crippen LogP contribution >= 0.6 is 0 Å². The Kier molecular flexibility index (Phi) is 17.3. The third kappa shape index (κ3) is 12.4. The maximum atomic E-state index is 11.4. The molecule has 11 nitrogen and oxygen atoms in total. The van der Waals surface area contributed by atoms with E-state index in [0.717, 1.165) is 105 Å². The molecule has 2 heterocycles. The van der Waals surface area contributed by atoms with Crippen LogP contribution in [0.25, 0.3) is 6.08 Å². The SMILES string of the molecule is CC(O)CNC(CCCO)C1[C+]2C=C(C(O)COc3cc(CC[C-]4C=C(CO)C(CCCCCCC(N)CC5C=Cc6ccccc6C5O)[OH+]4)ccc3O)N=C2CCC2CCCC21. The van der Waals surface area contributed by atoms with Gasteiger partial charge in [-0.05, 0) is 105 Å². The van der Waals surface area contributed by atoms with Gasteiger partial charge < -0.3 is 51.2 Å². The molecule has 0 amide bonds. The maximum absolute atomic E-state index is 11.4. The summed E-state index contributed by atoms with van der Waals surface area (Å²) in [7, 11) is 0. The summed E-state index contributed by atoms with van der Waals surface area (Å²) in [6, 6.07) is 13.5. The fourth-order valence-corrected chi connectivity index (χ4v) is 11.0. The minimum atomic E-state index is -0.983. The van der Waals surface area contributed by atoms with Crippen LogP contribution in [-0.4, -0.2) is 97.8 Å². The standard InChI is InChI=1S/C52H73N3O8/c1-33(58)30-54-45(15-9-25-56)51-41-14-8-11-35(41)21-23-44-43(51)29-46(55-44)48(60)32-62-50-26-34(18-24-47(50)59)17-22-40-28-38(31-57)49(63-40)16-5-3-2-4-12-39(53)27-37-20-19-36-10-6-7-13-42(36)52(37)61/h6-7,10,13,18-20,24,26,28-29,33,35,37,39,41,45,48-49,51-52,54,56-58,60-61,63H,2-5,8-9,11-12,14-17,21-23,25,27,30-32,53H2,1H3/p+1. The van der Waals surface area contributed by atoms with E-state index in [-0.39, 0.29) is 55.6 Å². The van der Waals surface area contributed by atoms with Gasteiger partial charge in [-0.1, -0.05) is 74.6 Å². The lowest BCUT2D eigenvalue weighted by molar-refractivity contribution is -0.0552. The number of aliphatic imine (C=N–C) groups is 1. The molecule has 5 aliphatic rings. The molecular weight excluding hydrogens is 795 g/mol. The van der Waals surface area contributed by atoms with Crippen molar-refractivity contribution in [3.05, 3.63) is 101 Å². The summed E-state index contributed by atoms with van der Waals surface area (Å²) in [5.41, 5.74) is 12.1. The number of hydrogen-bond acceptors (Lipinski definition) is 10. The molecule has 0 spiro atoms. The number of phenolic OH excluding ortho intramolecular Hbond substituents is 1. The summed E-state index contributed by atoms with van der Waals surface area (Å²) in [6.07, 6.45) is 22.5. The minimum Gasteiger partial charge on any atom is -0.504 e. The molecule has 2 aliphatic heterocycles. The van der Waals surface area contributed by atoms with Gasteiger partial charge in [0.25, 0.3) is 0 Å². The molecule has 63 heavy (non-hydrogen) atoms. The Morgan fingerprint density at radius 3 is 2.70 bits per heavy atom. The number of aryl methyl sites for hydroxylation is 1. The Labute approximate surface area is 375 Å². The van der Waals surface area contributed by atoms with Gasteiger partial charge in [0.05, 0.1) is 24.2 Å². The van der Waals surface area contributed by atoms with Crippen LogP contribution < -0.4 is 15.8 Å². The summed E-state index contributed by atoms with van der Waals surface area (Å²) < 4.78 is 11.1. The van der Waals surface area contributed by atoms with Gasteiger partial charge in [0.15, 0.2) is 17.6 Å². The van der Waals surface area contributed by atoms with E-state index in [1.807, 2.05) is 42.5 Å². The van der Waals surface area contributed by atoms with Crippen LogP contribution in [0.4, 0.5) is 0 Å². The number of hydrogen-bond donors (Lipinski definition) is 8. The molecule has 2 aromatic carbocycles. The van der Waals surface area contributed by atoms with Gasteiger partial charge in [0, 0.05) is 50.6 Å². The van der Waals surface area contributed by atoms with Crippen LogP contribution in [0, 0.1) is 35.7 Å². The number of aliphatic hydroxyl groups excluding tert-OH is 5. The number of phenols is 1. The zero-order valence-electron chi connectivity index (χ0n) is 37.3. The molecule has 0 saturated heterocycles. The van der Waals surface area contributed by atoms with Gasteiger partial charge in [0.2, 0.25) is 5.70 Å². The fraction of sp³-hybridized carbons (Fsp3) is 0.596. The summed E-state index contributed by atoms with van der Waals surface area (Å²) in [5.74, 6) is 2.84. The van der Waals surface area contributed by atoms with Crippen LogP contribution in [-0.2, 0) is 6.42 Å². The number of unbranched alkanes of at least 4 members (excludes halogenated alkanes) is 3. The highest BCUT2D eigenvalue weighted by Gasteiger charge is 2.52. The first-order chi connectivity index (χ1) is 30.6. The molecular formula is C52H74N3O8+. The summed E-state index contributed by atoms with van der Waals surface area (Å²) >= 11 is 0. The van der Waals surface area contributed by atoms with Crippen LogP contribution in [0.1, 0.15) is 126 Å². The summed E-state index contributed by atoms with van der Waals surface area (Å²) in [5, 5.41) is 66.7. The van der Waals surface area contributed by atoms with E-state index < -0.39 is 18.3 Å². The van der Waals surface area contributed by atoms with E-state index in [2.05, 4.69) is 23.5 Å². The van der Waals surface area contributed by atoms with Gasteiger partial charge >= 0.3 is 0 Å². The van der Waals surface area contributed by atoms with Crippen molar-refractivity contribution in [2.75, 3.05) is 26.4 Å². The van der Waals surface area contributed by atoms with Gasteiger partial charge in [-0.25, -0.2) is 0 Å². The van der Waals surface area contributed by atoms with Crippen molar-refractivity contribution < 1.29 is 40.1 Å². The summed E-state index contributed by atoms with van der Waals surface area (Å²) in [6.45, 7) is 2.33. The predicted octanol–water partition coefficient (Wildman–Crippen LogP) is 6.71. The van der Waals surface area contributed by atoms with E-state index >= 15 is 0 Å². The van der Waals surface area contributed by atoms with Crippen molar-refractivity contribution in [1.29, 1.82) is 0 Å². The van der Waals surface area contributed by atoms with Crippen LogP contribution in [0.5, 0.6) is 11.5 Å². The molecule has 2 aromatic rings. The smallest absolute Gasteiger partial charge is 0.208 e. The zero-order chi connectivity index (χ0) is 44.3. The number of aliphatic hydroxyl groups is 7. The van der Waals surface area contributed by atoms with Gasteiger partial charge in [-0.15, -0.1) is 16.6 Å². The van der Waals surface area contributed by atoms with E-state index in [4.69, 9.17) is 20.2 Å². The second-order valence-electron chi connectivity index (χ2n) is 19.0. The Morgan fingerprint density at radius 2 is 1.87 bits per heavy atom. The number of nitrogens with zero attached hydrogens (tertiary/aromatic N) is 1. The Balaban J connectivity index is 0.848. The molecule has 10 unspecified atom stereocenters. The van der Waals surface area contributed by atoms with E-state index in [1.165, 1.54) is 18.8 Å². The lowest BCUT2D eigenvalue weighted by Gasteiger charge is -2.33. The largest absolute Gasteiger partial charge is 0.504 e. The number of ether oxygens (including phenoxy) is 2. The molecule has 2 fully saturated rings. The third-order valence-corrected chi connectivity index (χ3v) is 14.3. The van der Waals surface area contributed by atoms with Crippen molar-refractivity contribution in [1.82, 2.24) is 5.32 Å². The topological polar surface area (TPSA) is 194 Å². The molecule has 7 rings (SSSR count). The lowest BCUT2D eigenvalue weighted by Crippen LogP contribution is -2.46. The molecule has 10 atom stereocenters. The molecule has 0 aromatic heterocycles. The van der Waals surface area contributed by atoms with Crippen molar-refractivity contribution in [3.8, 4) is 11.5 Å². The molecule has 2 saturated carbocycles. The molecule has 0 radical (unpaired) electrons. The number of nitrogens with two attached hydrogens (primary N) is 1. The average molecular weight is 869 g/mol. The first-order valence-electron chi connectivity index (χ1n) is 24.0. The summed E-state index contributed by atoms with van der Waals surface area (Å²) in [4.78, 5) is 4.99. The zero-order valence-corrected chi connectivity index (χ0v) is 37.3. The second-order valence-corrected chi connectivity index (χ2v) is 19.0. The highest BCUT2D eigenvalue weighted by molar-refractivity contribution is 6.03. The normalized spacial score (nSPS) is 26.0. The van der Waals surface area contributed by atoms with Gasteiger partial charge in [-0.2, -0.15) is 0 Å². The van der Waals surface area contributed by atoms with Crippen molar-refractivity contribution >= 4 is 11.8 Å². The average Bonchev–Trinajstić information content (AvgIpc) is 4.02. The first-order valence-corrected chi connectivity index (χ1v) is 24.0. The predicted molar refractivity (Wildman–Crippen MR) is 249 cm³/mol. The third-order valence-electron chi connectivity index (χ3n) is 14.3. The number of rotatable bonds is 24. The molecule has 344 valence electrons. The molecule has 0 bridgehead atoms. The lowest BCUT2D eigenvalue weighted by atomic mass is 9.71. The quantitative estimate of drug-likeness (QED) is 0.0322. The van der Waals surface area contributed by atoms with Gasteiger partial charge in [-0.3, -0.25) is 0 Å². The van der Waals surface area contributed by atoms with E-state index in [1.54, 1.807) is 13.0 Å². The van der Waals surface area contributed by atoms with E-state index in [9.17, 15) is 30.6 Å². The number of fused-ring (bicyclic) bond motifs is 3. The number of aromatic hydroxyl groups is 1. The fourth-order valence-electron chi connectivity index (χ4n) is 11.0. The monoisotopic (exact) mass is 869 g/mol. The van der Waals surface area contributed by atoms with Crippen LogP contribution in [0.2, 0.25) is 0 Å². The highest BCUT2D eigenvalue weighted by Crippen LogP contribution is 2.50. The van der Waals surface area contributed by atoms with Crippen LogP contribution in [0.15, 0.2) is 77.0 Å². The van der Waals surface area contributed by atoms with Crippen molar-refractivity contribution in [3.63, 3.8) is 0 Å². The molecule has 11 heteroatoms. The minimum absolute atomic E-state index is 0.00319. The van der Waals surface area contributed by atoms with Gasteiger partial charge in [0.1, 0.15) is 30.4 Å². The number of allylic oxidation sites excluding steroid dienone is 1. The first kappa shape index (κ1) is 47.3. The van der Waals surface area contributed by atoms with Crippen LogP contribution in [0.3, 0.4) is 0 Å². The number of benzene rings is 2. The Bertz CT molecular complexity index is 1900. The van der Waals surface area contributed by atoms with E-state index in [0.29, 0.717) is 49.1 Å². The molecule has 3 aliphatic carbocycles. The molecule has 10 N–H and O–H groups in total.